The van der Waals surface area contributed by atoms with Crippen molar-refractivity contribution in [3.63, 3.8) is 0 Å². The highest BCUT2D eigenvalue weighted by Gasteiger charge is 2.05. The Morgan fingerprint density at radius 2 is 1.96 bits per heavy atom. The molecule has 0 aliphatic carbocycles. The lowest BCUT2D eigenvalue weighted by Crippen LogP contribution is -2.38. The normalized spacial score (nSPS) is 12.1. The lowest BCUT2D eigenvalue weighted by Gasteiger charge is -2.12. The number of aliphatic imine (C=N–C) groups is 1. The molecule has 3 N–H and O–H groups in total. The molecule has 0 heterocycles. The summed E-state index contributed by atoms with van der Waals surface area (Å²) in [7, 11) is -1.47. The molecular weight excluding hydrogens is 340 g/mol. The number of guanidine groups is 1. The molecule has 8 heteroatoms. The van der Waals surface area contributed by atoms with Gasteiger partial charge in [-0.25, -0.2) is 18.1 Å². The largest absolute Gasteiger partial charge is 0.496 e. The third-order valence-corrected chi connectivity index (χ3v) is 4.95. The summed E-state index contributed by atoms with van der Waals surface area (Å²) < 4.78 is 30.7. The molecule has 1 aromatic rings. The van der Waals surface area contributed by atoms with Gasteiger partial charge in [0.15, 0.2) is 5.96 Å². The minimum Gasteiger partial charge on any atom is -0.496 e. The Morgan fingerprint density at radius 1 is 1.20 bits per heavy atom. The van der Waals surface area contributed by atoms with Crippen LogP contribution in [0.2, 0.25) is 0 Å². The summed E-state index contributed by atoms with van der Waals surface area (Å²) in [5, 5.41) is 6.39. The van der Waals surface area contributed by atoms with Crippen molar-refractivity contribution < 1.29 is 13.2 Å². The Bertz CT molecular complexity index is 660. The van der Waals surface area contributed by atoms with Gasteiger partial charge in [-0.15, -0.1) is 0 Å². The Balaban J connectivity index is 2.54. The number of methoxy groups -OCH3 is 1. The molecule has 0 saturated carbocycles. The standard InChI is InChI=1S/C17H30N4O3S/c1-5-18-17(19-10-7-11-21-25(22,23)6-2)20-13-15-9-8-14(3)12-16(15)24-4/h8-9,12,21H,5-7,10-11,13H2,1-4H3,(H2,18,19,20). The molecule has 0 bridgehead atoms. The van der Waals surface area contributed by atoms with Crippen LogP contribution < -0.4 is 20.1 Å². The van der Waals surface area contributed by atoms with E-state index in [0.29, 0.717) is 32.0 Å². The molecule has 0 aliphatic heterocycles. The zero-order valence-corrected chi connectivity index (χ0v) is 16.4. The van der Waals surface area contributed by atoms with Crippen LogP contribution in [-0.4, -0.2) is 46.9 Å². The predicted molar refractivity (Wildman–Crippen MR) is 103 cm³/mol. The summed E-state index contributed by atoms with van der Waals surface area (Å²) in [6.45, 7) is 7.93. The van der Waals surface area contributed by atoms with Crippen LogP contribution in [0.3, 0.4) is 0 Å². The Labute approximate surface area is 151 Å². The van der Waals surface area contributed by atoms with Crippen LogP contribution in [0.1, 0.15) is 31.4 Å². The molecule has 1 rings (SSSR count). The van der Waals surface area contributed by atoms with Gasteiger partial charge < -0.3 is 15.4 Å². The van der Waals surface area contributed by atoms with Crippen molar-refractivity contribution in [2.24, 2.45) is 4.99 Å². The second-order valence-electron chi connectivity index (χ2n) is 5.59. The van der Waals surface area contributed by atoms with Gasteiger partial charge in [0.05, 0.1) is 19.4 Å². The van der Waals surface area contributed by atoms with Crippen molar-refractivity contribution in [3.05, 3.63) is 29.3 Å². The van der Waals surface area contributed by atoms with E-state index in [0.717, 1.165) is 23.4 Å². The highest BCUT2D eigenvalue weighted by molar-refractivity contribution is 7.89. The van der Waals surface area contributed by atoms with Crippen LogP contribution in [-0.2, 0) is 16.6 Å². The van der Waals surface area contributed by atoms with Crippen molar-refractivity contribution in [3.8, 4) is 5.75 Å². The van der Waals surface area contributed by atoms with E-state index in [4.69, 9.17) is 4.74 Å². The summed E-state index contributed by atoms with van der Waals surface area (Å²) in [5.41, 5.74) is 2.16. The monoisotopic (exact) mass is 370 g/mol. The first kappa shape index (κ1) is 21.2. The topological polar surface area (TPSA) is 91.8 Å². The van der Waals surface area contributed by atoms with Crippen molar-refractivity contribution in [1.82, 2.24) is 15.4 Å². The van der Waals surface area contributed by atoms with E-state index >= 15 is 0 Å². The van der Waals surface area contributed by atoms with Gasteiger partial charge in [0, 0.05) is 25.2 Å². The van der Waals surface area contributed by atoms with Crippen LogP contribution in [0.25, 0.3) is 0 Å². The number of benzene rings is 1. The SMILES string of the molecule is CCNC(=NCc1ccc(C)cc1OC)NCCCNS(=O)(=O)CC. The average molecular weight is 371 g/mol. The molecule has 0 unspecified atom stereocenters. The van der Waals surface area contributed by atoms with Gasteiger partial charge in [0.2, 0.25) is 10.0 Å². The first-order chi connectivity index (χ1) is 11.9. The van der Waals surface area contributed by atoms with Gasteiger partial charge in [0.25, 0.3) is 0 Å². The van der Waals surface area contributed by atoms with E-state index in [-0.39, 0.29) is 5.75 Å². The molecule has 7 nitrogen and oxygen atoms in total. The molecule has 0 aromatic heterocycles. The van der Waals surface area contributed by atoms with Crippen LogP contribution in [0, 0.1) is 6.92 Å². The molecule has 0 radical (unpaired) electrons. The number of rotatable bonds is 10. The zero-order chi connectivity index (χ0) is 18.7. The summed E-state index contributed by atoms with van der Waals surface area (Å²) in [6, 6.07) is 6.04. The Morgan fingerprint density at radius 3 is 2.60 bits per heavy atom. The molecule has 0 saturated heterocycles. The smallest absolute Gasteiger partial charge is 0.211 e. The average Bonchev–Trinajstić information content (AvgIpc) is 2.59. The minimum absolute atomic E-state index is 0.100. The third-order valence-electron chi connectivity index (χ3n) is 3.54. The minimum atomic E-state index is -3.13. The molecule has 0 atom stereocenters. The van der Waals surface area contributed by atoms with Gasteiger partial charge in [0.1, 0.15) is 5.75 Å². The van der Waals surface area contributed by atoms with E-state index in [2.05, 4.69) is 20.3 Å². The first-order valence-electron chi connectivity index (χ1n) is 8.54. The van der Waals surface area contributed by atoms with Gasteiger partial charge in [-0.05, 0) is 38.8 Å². The maximum atomic E-state index is 11.4. The highest BCUT2D eigenvalue weighted by atomic mass is 32.2. The van der Waals surface area contributed by atoms with Crippen LogP contribution >= 0.6 is 0 Å². The van der Waals surface area contributed by atoms with Crippen LogP contribution in [0.15, 0.2) is 23.2 Å². The number of hydrogen-bond donors (Lipinski definition) is 3. The molecule has 25 heavy (non-hydrogen) atoms. The maximum Gasteiger partial charge on any atom is 0.211 e. The molecular formula is C17H30N4O3S. The lowest BCUT2D eigenvalue weighted by molar-refractivity contribution is 0.409. The number of nitrogens with one attached hydrogen (secondary N) is 3. The van der Waals surface area contributed by atoms with E-state index in [1.165, 1.54) is 0 Å². The number of nitrogens with zero attached hydrogens (tertiary/aromatic N) is 1. The Hall–Kier alpha value is -1.80. The fourth-order valence-electron chi connectivity index (χ4n) is 2.11. The fraction of sp³-hybridized carbons (Fsp3) is 0.588. The highest BCUT2D eigenvalue weighted by Crippen LogP contribution is 2.20. The maximum absolute atomic E-state index is 11.4. The number of aryl methyl sites for hydroxylation is 1. The van der Waals surface area contributed by atoms with Crippen LogP contribution in [0.5, 0.6) is 5.75 Å². The summed E-state index contributed by atoms with van der Waals surface area (Å²) in [6.07, 6.45) is 0.678. The summed E-state index contributed by atoms with van der Waals surface area (Å²) >= 11 is 0. The van der Waals surface area contributed by atoms with E-state index < -0.39 is 10.0 Å². The molecule has 0 spiro atoms. The Kier molecular flexibility index (Phi) is 9.30. The van der Waals surface area contributed by atoms with Crippen molar-refractivity contribution >= 4 is 16.0 Å². The zero-order valence-electron chi connectivity index (χ0n) is 15.6. The van der Waals surface area contributed by atoms with Gasteiger partial charge in [-0.3, -0.25) is 0 Å². The van der Waals surface area contributed by atoms with Gasteiger partial charge in [-0.2, -0.15) is 0 Å². The summed E-state index contributed by atoms with van der Waals surface area (Å²) in [4.78, 5) is 4.56. The quantitative estimate of drug-likeness (QED) is 0.329. The second-order valence-corrected chi connectivity index (χ2v) is 7.68. The molecule has 0 aliphatic rings. The van der Waals surface area contributed by atoms with Crippen LogP contribution in [0.4, 0.5) is 0 Å². The molecule has 0 amide bonds. The van der Waals surface area contributed by atoms with Gasteiger partial charge in [-0.1, -0.05) is 12.1 Å². The number of hydrogen-bond acceptors (Lipinski definition) is 4. The van der Waals surface area contributed by atoms with Crippen molar-refractivity contribution in [1.29, 1.82) is 0 Å². The first-order valence-corrected chi connectivity index (χ1v) is 10.2. The summed E-state index contributed by atoms with van der Waals surface area (Å²) in [5.74, 6) is 1.63. The second kappa shape index (κ2) is 10.9. The molecule has 1 aromatic carbocycles. The van der Waals surface area contributed by atoms with Gasteiger partial charge >= 0.3 is 0 Å². The predicted octanol–water partition coefficient (Wildman–Crippen LogP) is 1.39. The van der Waals surface area contributed by atoms with E-state index in [1.54, 1.807) is 14.0 Å². The lowest BCUT2D eigenvalue weighted by atomic mass is 10.1. The van der Waals surface area contributed by atoms with Crippen molar-refractivity contribution in [2.75, 3.05) is 32.5 Å². The fourth-order valence-corrected chi connectivity index (χ4v) is 2.77. The van der Waals surface area contributed by atoms with E-state index in [9.17, 15) is 8.42 Å². The molecule has 0 fully saturated rings. The van der Waals surface area contributed by atoms with Crippen molar-refractivity contribution in [2.45, 2.75) is 33.7 Å². The third kappa shape index (κ3) is 8.22. The number of ether oxygens (including phenoxy) is 1. The molecule has 142 valence electrons. The number of sulfonamides is 1. The van der Waals surface area contributed by atoms with E-state index in [1.807, 2.05) is 32.0 Å².